The van der Waals surface area contributed by atoms with E-state index >= 15 is 0 Å². The molecule has 9 heteroatoms. The molecule has 2 aliphatic rings. The van der Waals surface area contributed by atoms with E-state index in [1.54, 1.807) is 19.1 Å². The lowest BCUT2D eigenvalue weighted by molar-refractivity contribution is -0.113. The highest BCUT2D eigenvalue weighted by Crippen LogP contribution is 2.48. The zero-order chi connectivity index (χ0) is 26.7. The topological polar surface area (TPSA) is 90.5 Å². The lowest BCUT2D eigenvalue weighted by Crippen LogP contribution is -2.51. The zero-order valence-electron chi connectivity index (χ0n) is 20.9. The zero-order valence-corrected chi connectivity index (χ0v) is 22.5. The number of benzene rings is 2. The van der Waals surface area contributed by atoms with Crippen LogP contribution in [-0.2, 0) is 9.59 Å². The second-order valence-electron chi connectivity index (χ2n) is 11.0. The Hall–Kier alpha value is -2.19. The minimum Gasteiger partial charge on any atom is -0.390 e. The molecule has 4 N–H and O–H groups in total. The van der Waals surface area contributed by atoms with Crippen LogP contribution in [0.1, 0.15) is 63.5 Å². The summed E-state index contributed by atoms with van der Waals surface area (Å²) in [6.45, 7) is 8.97. The first-order valence-corrected chi connectivity index (χ1v) is 12.7. The Morgan fingerprint density at radius 3 is 2.33 bits per heavy atom. The van der Waals surface area contributed by atoms with E-state index in [0.717, 1.165) is 11.1 Å². The molecule has 0 aromatic heterocycles. The molecule has 6 nitrogen and oxygen atoms in total. The molecule has 2 fully saturated rings. The Kier molecular flexibility index (Phi) is 9.04. The molecular weight excluding hydrogens is 504 g/mol. The molecule has 2 aromatic rings. The average molecular weight is 538 g/mol. The number of carbonyl (C=O) groups excluding carboxylic acids is 2. The number of hydrogen-bond donors (Lipinski definition) is 4. The second kappa shape index (κ2) is 11.5. The quantitative estimate of drug-likeness (QED) is 0.379. The van der Waals surface area contributed by atoms with E-state index in [2.05, 4.69) is 36.7 Å². The minimum atomic E-state index is -0.527. The maximum atomic E-state index is 14.0. The summed E-state index contributed by atoms with van der Waals surface area (Å²) in [6.07, 6.45) is 2.70. The van der Waals surface area contributed by atoms with Gasteiger partial charge in [0.15, 0.2) is 0 Å². The van der Waals surface area contributed by atoms with Crippen molar-refractivity contribution in [1.82, 2.24) is 10.6 Å². The van der Waals surface area contributed by atoms with Gasteiger partial charge in [-0.15, -0.1) is 0 Å². The molecule has 0 bridgehead atoms. The summed E-state index contributed by atoms with van der Waals surface area (Å²) in [7, 11) is 0. The molecule has 4 rings (SSSR count). The maximum Gasteiger partial charge on any atom is 0.211 e. The largest absolute Gasteiger partial charge is 0.390 e. The van der Waals surface area contributed by atoms with Crippen LogP contribution < -0.4 is 16.0 Å². The second-order valence-corrected chi connectivity index (χ2v) is 11.8. The van der Waals surface area contributed by atoms with Crippen molar-refractivity contribution in [2.75, 3.05) is 11.9 Å². The summed E-state index contributed by atoms with van der Waals surface area (Å²) >= 11 is 12.3. The SMILES string of the molecule is CC(C)(C)C1NCC(c2cc(F)cc(Cl)c2)C1c1ccc(Cl)cc1NC=O.CC1(O)CC(NC=O)C1. The summed E-state index contributed by atoms with van der Waals surface area (Å²) in [5, 5.41) is 19.0. The third kappa shape index (κ3) is 6.97. The minimum absolute atomic E-state index is 0.0100. The lowest BCUT2D eigenvalue weighted by Gasteiger charge is -2.40. The van der Waals surface area contributed by atoms with Gasteiger partial charge in [0.05, 0.1) is 5.60 Å². The van der Waals surface area contributed by atoms with E-state index in [1.807, 2.05) is 18.2 Å². The fourth-order valence-electron chi connectivity index (χ4n) is 5.32. The van der Waals surface area contributed by atoms with Gasteiger partial charge in [-0.3, -0.25) is 9.59 Å². The highest BCUT2D eigenvalue weighted by molar-refractivity contribution is 6.31. The number of rotatable bonds is 6. The van der Waals surface area contributed by atoms with Crippen molar-refractivity contribution < 1.29 is 19.1 Å². The van der Waals surface area contributed by atoms with Crippen molar-refractivity contribution in [3.8, 4) is 0 Å². The summed E-state index contributed by atoms with van der Waals surface area (Å²) in [5.41, 5.74) is 1.92. The first kappa shape index (κ1) is 28.4. The van der Waals surface area contributed by atoms with Gasteiger partial charge < -0.3 is 21.1 Å². The molecule has 1 aliphatic heterocycles. The number of nitrogens with one attached hydrogen (secondary N) is 3. The van der Waals surface area contributed by atoms with Crippen molar-refractivity contribution in [3.63, 3.8) is 0 Å². The van der Waals surface area contributed by atoms with Gasteiger partial charge in [-0.1, -0.05) is 50.0 Å². The fraction of sp³-hybridized carbons (Fsp3) is 0.481. The van der Waals surface area contributed by atoms with E-state index in [4.69, 9.17) is 28.3 Å². The van der Waals surface area contributed by atoms with Gasteiger partial charge in [-0.25, -0.2) is 4.39 Å². The predicted octanol–water partition coefficient (Wildman–Crippen LogP) is 5.23. The summed E-state index contributed by atoms with van der Waals surface area (Å²) in [5.74, 6) is -0.323. The number of aliphatic hydroxyl groups is 1. The first-order valence-electron chi connectivity index (χ1n) is 12.0. The molecular formula is C27H34Cl2FN3O3. The molecule has 0 spiro atoms. The monoisotopic (exact) mass is 537 g/mol. The van der Waals surface area contributed by atoms with E-state index in [0.29, 0.717) is 47.9 Å². The molecule has 1 heterocycles. The highest BCUT2D eigenvalue weighted by atomic mass is 35.5. The number of carbonyl (C=O) groups is 2. The van der Waals surface area contributed by atoms with Crippen LogP contribution in [0.25, 0.3) is 0 Å². The van der Waals surface area contributed by atoms with Crippen LogP contribution in [-0.4, -0.2) is 42.2 Å². The Morgan fingerprint density at radius 1 is 1.08 bits per heavy atom. The Labute approximate surface area is 221 Å². The Balaban J connectivity index is 0.000000338. The van der Waals surface area contributed by atoms with Gasteiger partial charge in [-0.05, 0) is 66.6 Å². The van der Waals surface area contributed by atoms with Crippen LogP contribution in [0.5, 0.6) is 0 Å². The van der Waals surface area contributed by atoms with Crippen LogP contribution in [0.4, 0.5) is 10.1 Å². The molecule has 1 saturated carbocycles. The van der Waals surface area contributed by atoms with Gasteiger partial charge in [0.2, 0.25) is 12.8 Å². The third-order valence-electron chi connectivity index (χ3n) is 6.86. The van der Waals surface area contributed by atoms with Gasteiger partial charge in [0.25, 0.3) is 0 Å². The van der Waals surface area contributed by atoms with Crippen LogP contribution in [0, 0.1) is 11.2 Å². The van der Waals surface area contributed by atoms with Crippen molar-refractivity contribution >= 4 is 41.7 Å². The average Bonchev–Trinajstić information content (AvgIpc) is 3.18. The van der Waals surface area contributed by atoms with Crippen LogP contribution >= 0.6 is 23.2 Å². The smallest absolute Gasteiger partial charge is 0.211 e. The highest BCUT2D eigenvalue weighted by Gasteiger charge is 2.44. The van der Waals surface area contributed by atoms with E-state index in [-0.39, 0.29) is 35.2 Å². The summed E-state index contributed by atoms with van der Waals surface area (Å²) < 4.78 is 14.0. The molecule has 196 valence electrons. The molecule has 1 saturated heterocycles. The van der Waals surface area contributed by atoms with Crippen molar-refractivity contribution in [3.05, 3.63) is 63.4 Å². The van der Waals surface area contributed by atoms with Crippen LogP contribution in [0.3, 0.4) is 0 Å². The van der Waals surface area contributed by atoms with Crippen molar-refractivity contribution in [2.45, 2.75) is 70.1 Å². The number of halogens is 3. The normalized spacial score (nSPS) is 27.3. The van der Waals surface area contributed by atoms with Gasteiger partial charge in [-0.2, -0.15) is 0 Å². The van der Waals surface area contributed by atoms with E-state index < -0.39 is 5.60 Å². The van der Waals surface area contributed by atoms with Crippen molar-refractivity contribution in [2.24, 2.45) is 5.41 Å². The molecule has 1 aliphatic carbocycles. The fourth-order valence-corrected chi connectivity index (χ4v) is 5.72. The molecule has 36 heavy (non-hydrogen) atoms. The van der Waals surface area contributed by atoms with Gasteiger partial charge in [0, 0.05) is 46.2 Å². The van der Waals surface area contributed by atoms with Crippen LogP contribution in [0.2, 0.25) is 10.0 Å². The van der Waals surface area contributed by atoms with Gasteiger partial charge >= 0.3 is 0 Å². The molecule has 0 radical (unpaired) electrons. The van der Waals surface area contributed by atoms with Gasteiger partial charge in [0.1, 0.15) is 5.82 Å². The van der Waals surface area contributed by atoms with Crippen molar-refractivity contribution in [1.29, 1.82) is 0 Å². The number of anilines is 1. The van der Waals surface area contributed by atoms with E-state index in [1.165, 1.54) is 6.07 Å². The summed E-state index contributed by atoms with van der Waals surface area (Å²) in [4.78, 5) is 21.0. The van der Waals surface area contributed by atoms with Crippen LogP contribution in [0.15, 0.2) is 36.4 Å². The Bertz CT molecular complexity index is 1060. The number of amides is 2. The maximum absolute atomic E-state index is 14.0. The number of hydrogen-bond acceptors (Lipinski definition) is 4. The Morgan fingerprint density at radius 2 is 1.78 bits per heavy atom. The third-order valence-corrected chi connectivity index (χ3v) is 7.31. The van der Waals surface area contributed by atoms with E-state index in [9.17, 15) is 14.0 Å². The molecule has 3 unspecified atom stereocenters. The standard InChI is InChI=1S/C21H23Cl2FN2O.C6H11NO2/c1-21(2,3)20-19(16-5-4-13(22)9-18(16)26-11-27)17(10-25-20)12-6-14(23)8-15(24)7-12;1-6(9)2-5(3-6)7-4-8/h4-9,11,17,19-20,25H,10H2,1-3H3,(H,26,27);4-5,9H,2-3H2,1H3,(H,7,8). The lowest BCUT2D eigenvalue weighted by atomic mass is 9.72. The molecule has 3 atom stereocenters. The molecule has 2 amide bonds. The summed E-state index contributed by atoms with van der Waals surface area (Å²) in [6, 6.07) is 10.5. The first-order chi connectivity index (χ1) is 16.8. The molecule has 2 aromatic carbocycles. The predicted molar refractivity (Wildman–Crippen MR) is 142 cm³/mol.